The number of nitrogens with zero attached hydrogens (tertiary/aromatic N) is 1. The maximum atomic E-state index is 14.2. The summed E-state index contributed by atoms with van der Waals surface area (Å²) in [7, 11) is 0. The molecule has 0 bridgehead atoms. The molecule has 142 valence electrons. The second-order valence-electron chi connectivity index (χ2n) is 6.47. The van der Waals surface area contributed by atoms with Crippen LogP contribution in [0.25, 0.3) is 21.8 Å². The third kappa shape index (κ3) is 2.89. The predicted molar refractivity (Wildman–Crippen MR) is 98.5 cm³/mol. The van der Waals surface area contributed by atoms with E-state index in [0.717, 1.165) is 12.1 Å². The van der Waals surface area contributed by atoms with E-state index in [1.54, 1.807) is 28.8 Å². The van der Waals surface area contributed by atoms with Crippen molar-refractivity contribution < 1.29 is 22.4 Å². The number of hydrogen-bond acceptors (Lipinski definition) is 1. The van der Waals surface area contributed by atoms with E-state index in [1.165, 1.54) is 24.3 Å². The van der Waals surface area contributed by atoms with Gasteiger partial charge in [0.2, 0.25) is 5.91 Å². The normalized spacial score (nSPS) is 12.0. The monoisotopic (exact) mass is 386 g/mol. The van der Waals surface area contributed by atoms with Crippen LogP contribution in [0.4, 0.5) is 17.6 Å². The highest BCUT2D eigenvalue weighted by molar-refractivity contribution is 6.18. The Labute approximate surface area is 157 Å². The lowest BCUT2D eigenvalue weighted by atomic mass is 10.0. The number of primary amides is 1. The van der Waals surface area contributed by atoms with Crippen LogP contribution in [-0.4, -0.2) is 10.5 Å². The number of halogens is 4. The van der Waals surface area contributed by atoms with Gasteiger partial charge in [-0.15, -0.1) is 0 Å². The summed E-state index contributed by atoms with van der Waals surface area (Å²) >= 11 is 0. The van der Waals surface area contributed by atoms with Crippen LogP contribution in [0.15, 0.2) is 60.7 Å². The topological polar surface area (TPSA) is 48.0 Å². The van der Waals surface area contributed by atoms with E-state index < -0.39 is 23.5 Å². The molecule has 2 N–H and O–H groups in total. The highest BCUT2D eigenvalue weighted by atomic mass is 19.4. The quantitative estimate of drug-likeness (QED) is 0.490. The minimum absolute atomic E-state index is 0.0101. The van der Waals surface area contributed by atoms with Crippen molar-refractivity contribution in [2.45, 2.75) is 12.7 Å². The number of amides is 1. The van der Waals surface area contributed by atoms with E-state index in [1.807, 2.05) is 0 Å². The summed E-state index contributed by atoms with van der Waals surface area (Å²) in [5.41, 5.74) is 5.93. The summed E-state index contributed by atoms with van der Waals surface area (Å²) in [4.78, 5) is 11.9. The van der Waals surface area contributed by atoms with Crippen LogP contribution in [0.1, 0.15) is 21.5 Å². The predicted octanol–water partition coefficient (Wildman–Crippen LogP) is 5.10. The van der Waals surface area contributed by atoms with Crippen LogP contribution in [-0.2, 0) is 12.7 Å². The number of alkyl halides is 3. The lowest BCUT2D eigenvalue weighted by Gasteiger charge is -2.11. The fourth-order valence-electron chi connectivity index (χ4n) is 3.49. The minimum Gasteiger partial charge on any atom is -0.366 e. The van der Waals surface area contributed by atoms with Gasteiger partial charge in [0.1, 0.15) is 5.82 Å². The van der Waals surface area contributed by atoms with Crippen molar-refractivity contribution in [3.05, 3.63) is 83.2 Å². The van der Waals surface area contributed by atoms with Gasteiger partial charge in [-0.3, -0.25) is 4.79 Å². The van der Waals surface area contributed by atoms with Crippen molar-refractivity contribution in [2.75, 3.05) is 0 Å². The van der Waals surface area contributed by atoms with Crippen LogP contribution < -0.4 is 5.73 Å². The molecular formula is C21H14F4N2O. The van der Waals surface area contributed by atoms with E-state index in [9.17, 15) is 22.4 Å². The molecule has 1 amide bonds. The molecular weight excluding hydrogens is 372 g/mol. The molecule has 0 saturated heterocycles. The molecule has 0 saturated carbocycles. The first-order valence-electron chi connectivity index (χ1n) is 8.43. The summed E-state index contributed by atoms with van der Waals surface area (Å²) in [6.45, 7) is 0.0101. The van der Waals surface area contributed by atoms with E-state index >= 15 is 0 Å². The first-order valence-corrected chi connectivity index (χ1v) is 8.43. The minimum atomic E-state index is -4.53. The Morgan fingerprint density at radius 2 is 1.71 bits per heavy atom. The highest BCUT2D eigenvalue weighted by Crippen LogP contribution is 2.37. The molecule has 0 radical (unpaired) electrons. The van der Waals surface area contributed by atoms with Crippen molar-refractivity contribution in [1.82, 2.24) is 4.57 Å². The molecule has 1 aromatic heterocycles. The molecule has 3 nitrogen and oxygen atoms in total. The number of carbonyl (C=O) groups excluding carboxylic acids is 1. The average molecular weight is 386 g/mol. The van der Waals surface area contributed by atoms with Crippen LogP contribution in [0, 0.1) is 5.82 Å². The summed E-state index contributed by atoms with van der Waals surface area (Å²) in [5, 5.41) is 0.906. The zero-order valence-corrected chi connectivity index (χ0v) is 14.4. The Morgan fingerprint density at radius 1 is 0.964 bits per heavy atom. The van der Waals surface area contributed by atoms with Gasteiger partial charge in [0.15, 0.2) is 0 Å². The van der Waals surface area contributed by atoms with Gasteiger partial charge in [-0.25, -0.2) is 4.39 Å². The molecule has 0 aliphatic rings. The largest absolute Gasteiger partial charge is 0.416 e. The van der Waals surface area contributed by atoms with Crippen LogP contribution >= 0.6 is 0 Å². The molecule has 0 aliphatic carbocycles. The number of aromatic nitrogens is 1. The van der Waals surface area contributed by atoms with Crippen molar-refractivity contribution in [1.29, 1.82) is 0 Å². The van der Waals surface area contributed by atoms with Gasteiger partial charge < -0.3 is 10.3 Å². The fraction of sp³-hybridized carbons (Fsp3) is 0.0952. The number of benzene rings is 3. The van der Waals surface area contributed by atoms with Crippen LogP contribution in [0.3, 0.4) is 0 Å². The number of rotatable bonds is 3. The Morgan fingerprint density at radius 3 is 2.39 bits per heavy atom. The van der Waals surface area contributed by atoms with E-state index in [2.05, 4.69) is 0 Å². The first-order chi connectivity index (χ1) is 13.3. The van der Waals surface area contributed by atoms with Gasteiger partial charge in [-0.1, -0.05) is 30.3 Å². The van der Waals surface area contributed by atoms with Gasteiger partial charge in [0.05, 0.1) is 23.1 Å². The van der Waals surface area contributed by atoms with Crippen molar-refractivity contribution in [3.8, 4) is 0 Å². The Kier molecular flexibility index (Phi) is 4.10. The zero-order valence-electron chi connectivity index (χ0n) is 14.4. The molecule has 0 aliphatic heterocycles. The summed E-state index contributed by atoms with van der Waals surface area (Å²) < 4.78 is 55.5. The van der Waals surface area contributed by atoms with Crippen molar-refractivity contribution in [3.63, 3.8) is 0 Å². The fourth-order valence-corrected chi connectivity index (χ4v) is 3.49. The third-order valence-corrected chi connectivity index (χ3v) is 4.77. The third-order valence-electron chi connectivity index (χ3n) is 4.77. The Hall–Kier alpha value is -3.35. The maximum absolute atomic E-state index is 14.2. The second-order valence-corrected chi connectivity index (χ2v) is 6.47. The van der Waals surface area contributed by atoms with E-state index in [0.29, 0.717) is 21.9 Å². The SMILES string of the molecule is NC(=O)c1cccc2c1c1ccc(C(F)(F)F)cc1n2Cc1ccccc1F. The first kappa shape index (κ1) is 18.0. The maximum Gasteiger partial charge on any atom is 0.416 e. The molecule has 0 spiro atoms. The summed E-state index contributed by atoms with van der Waals surface area (Å²) in [6, 6.07) is 14.2. The molecule has 0 atom stereocenters. The summed E-state index contributed by atoms with van der Waals surface area (Å²) in [6.07, 6.45) is -4.53. The summed E-state index contributed by atoms with van der Waals surface area (Å²) in [5.74, 6) is -1.15. The molecule has 4 aromatic rings. The van der Waals surface area contributed by atoms with E-state index in [-0.39, 0.29) is 17.6 Å². The molecule has 0 fully saturated rings. The van der Waals surface area contributed by atoms with Crippen molar-refractivity contribution >= 4 is 27.7 Å². The number of hydrogen-bond donors (Lipinski definition) is 1. The zero-order chi connectivity index (χ0) is 20.1. The molecule has 7 heteroatoms. The molecule has 0 unspecified atom stereocenters. The average Bonchev–Trinajstić information content (AvgIpc) is 2.96. The highest BCUT2D eigenvalue weighted by Gasteiger charge is 2.31. The van der Waals surface area contributed by atoms with Gasteiger partial charge in [-0.2, -0.15) is 13.2 Å². The van der Waals surface area contributed by atoms with Gasteiger partial charge in [0, 0.05) is 21.9 Å². The molecule has 1 heterocycles. The van der Waals surface area contributed by atoms with Crippen molar-refractivity contribution in [2.24, 2.45) is 5.73 Å². The second kappa shape index (κ2) is 6.37. The number of carbonyl (C=O) groups is 1. The Bertz CT molecular complexity index is 1220. The number of nitrogens with two attached hydrogens (primary N) is 1. The van der Waals surface area contributed by atoms with Gasteiger partial charge in [-0.05, 0) is 30.3 Å². The van der Waals surface area contributed by atoms with E-state index in [4.69, 9.17) is 5.73 Å². The standard InChI is InChI=1S/C21H14F4N2O/c22-16-6-2-1-4-12(16)11-27-17-7-3-5-15(20(26)28)19(17)14-9-8-13(10-18(14)27)21(23,24)25/h1-10H,11H2,(H2,26,28). The van der Waals surface area contributed by atoms with Crippen LogP contribution in [0.5, 0.6) is 0 Å². The lowest BCUT2D eigenvalue weighted by molar-refractivity contribution is -0.137. The van der Waals surface area contributed by atoms with Gasteiger partial charge in [0.25, 0.3) is 0 Å². The van der Waals surface area contributed by atoms with Crippen LogP contribution in [0.2, 0.25) is 0 Å². The number of fused-ring (bicyclic) bond motifs is 3. The molecule has 28 heavy (non-hydrogen) atoms. The van der Waals surface area contributed by atoms with Gasteiger partial charge >= 0.3 is 6.18 Å². The molecule has 3 aromatic carbocycles. The Balaban J connectivity index is 2.08. The molecule has 4 rings (SSSR count). The smallest absolute Gasteiger partial charge is 0.366 e. The lowest BCUT2D eigenvalue weighted by Crippen LogP contribution is -2.11.